The van der Waals surface area contributed by atoms with Gasteiger partial charge in [-0.2, -0.15) is 0 Å². The van der Waals surface area contributed by atoms with Crippen molar-refractivity contribution in [1.82, 2.24) is 4.90 Å². The highest BCUT2D eigenvalue weighted by Crippen LogP contribution is 2.50. The van der Waals surface area contributed by atoms with Crippen LogP contribution in [0, 0.1) is 11.3 Å². The number of methoxy groups -OCH3 is 1. The summed E-state index contributed by atoms with van der Waals surface area (Å²) in [5.41, 5.74) is 1.04. The van der Waals surface area contributed by atoms with Crippen molar-refractivity contribution in [2.24, 2.45) is 11.3 Å². The molecule has 1 saturated carbocycles. The zero-order valence-electron chi connectivity index (χ0n) is 21.1. The number of benzene rings is 2. The first-order valence-electron chi connectivity index (χ1n) is 12.3. The van der Waals surface area contributed by atoms with Gasteiger partial charge in [0.25, 0.3) is 0 Å². The van der Waals surface area contributed by atoms with E-state index < -0.39 is 41.6 Å². The summed E-state index contributed by atoms with van der Waals surface area (Å²) in [4.78, 5) is 27.7. The van der Waals surface area contributed by atoms with Crippen LogP contribution in [-0.4, -0.2) is 47.4 Å². The third-order valence-corrected chi connectivity index (χ3v) is 7.44. The summed E-state index contributed by atoms with van der Waals surface area (Å²) in [6.45, 7) is 6.08. The van der Waals surface area contributed by atoms with E-state index in [2.05, 4.69) is 0 Å². The molecule has 1 heterocycles. The fraction of sp³-hybridized carbons (Fsp3) is 0.500. The number of aliphatic carboxylic acids is 1. The molecule has 1 N–H and O–H groups in total. The molecular formula is C28H34ClNO6. The smallest absolute Gasteiger partial charge is 0.411 e. The van der Waals surface area contributed by atoms with Crippen molar-refractivity contribution < 1.29 is 28.9 Å². The Hall–Kier alpha value is -2.77. The molecule has 2 fully saturated rings. The van der Waals surface area contributed by atoms with Gasteiger partial charge in [0.2, 0.25) is 0 Å². The number of likely N-dealkylation sites (tertiary alicyclic amines) is 1. The first-order chi connectivity index (χ1) is 17.1. The van der Waals surface area contributed by atoms with E-state index in [4.69, 9.17) is 25.8 Å². The van der Waals surface area contributed by atoms with Gasteiger partial charge in [-0.15, -0.1) is 0 Å². The molecule has 1 saturated heterocycles. The van der Waals surface area contributed by atoms with E-state index in [1.54, 1.807) is 25.3 Å². The number of amides is 1. The van der Waals surface area contributed by atoms with E-state index in [0.29, 0.717) is 10.8 Å². The second-order valence-electron chi connectivity index (χ2n) is 10.6. The Morgan fingerprint density at radius 3 is 2.36 bits per heavy atom. The van der Waals surface area contributed by atoms with Crippen LogP contribution in [0.25, 0.3) is 0 Å². The van der Waals surface area contributed by atoms with Crippen LogP contribution in [0.5, 0.6) is 5.75 Å². The normalized spacial score (nSPS) is 24.3. The summed E-state index contributed by atoms with van der Waals surface area (Å²) in [7, 11) is 1.58. The first kappa shape index (κ1) is 26.3. The molecule has 4 atom stereocenters. The minimum absolute atomic E-state index is 0.141. The van der Waals surface area contributed by atoms with Gasteiger partial charge < -0.3 is 19.3 Å². The molecule has 2 aromatic rings. The number of hydrogen-bond donors (Lipinski definition) is 1. The van der Waals surface area contributed by atoms with Crippen LogP contribution >= 0.6 is 11.6 Å². The van der Waals surface area contributed by atoms with Gasteiger partial charge >= 0.3 is 12.1 Å². The lowest BCUT2D eigenvalue weighted by molar-refractivity contribution is -0.145. The Morgan fingerprint density at radius 2 is 1.81 bits per heavy atom. The number of carbonyl (C=O) groups is 2. The highest BCUT2D eigenvalue weighted by Gasteiger charge is 2.59. The topological polar surface area (TPSA) is 85.3 Å². The standard InChI is InChI=1S/C28H34ClNO6/c1-28(2,3)22-24(26(31)32)30(27(33)36-20-11-8-12-20)23(17-9-6-5-7-10-17)25(22)35-16-18-15-19(29)13-14-21(18)34-4/h5-7,9-10,13-15,20,22-25H,8,11-12,16H2,1-4H3,(H,31,32)/t22-,23+,24+,25+/m0/s1. The third kappa shape index (κ3) is 5.32. The minimum atomic E-state index is -1.12. The first-order valence-corrected chi connectivity index (χ1v) is 12.7. The van der Waals surface area contributed by atoms with Crippen molar-refractivity contribution in [2.75, 3.05) is 7.11 Å². The number of carboxylic acids is 1. The van der Waals surface area contributed by atoms with Gasteiger partial charge in [0.15, 0.2) is 0 Å². The van der Waals surface area contributed by atoms with Gasteiger partial charge in [-0.1, -0.05) is 62.7 Å². The number of hydrogen-bond acceptors (Lipinski definition) is 5. The van der Waals surface area contributed by atoms with Crippen LogP contribution in [0.4, 0.5) is 4.79 Å². The largest absolute Gasteiger partial charge is 0.496 e. The highest BCUT2D eigenvalue weighted by molar-refractivity contribution is 6.30. The maximum Gasteiger partial charge on any atom is 0.411 e. The monoisotopic (exact) mass is 515 g/mol. The molecule has 0 bridgehead atoms. The van der Waals surface area contributed by atoms with Gasteiger partial charge in [-0.05, 0) is 48.4 Å². The fourth-order valence-corrected chi connectivity index (χ4v) is 5.47. The summed E-state index contributed by atoms with van der Waals surface area (Å²) >= 11 is 6.23. The molecule has 36 heavy (non-hydrogen) atoms. The molecule has 7 nitrogen and oxygen atoms in total. The number of carbonyl (C=O) groups excluding carboxylic acids is 1. The zero-order valence-corrected chi connectivity index (χ0v) is 21.9. The summed E-state index contributed by atoms with van der Waals surface area (Å²) < 4.78 is 17.8. The molecule has 1 amide bonds. The van der Waals surface area contributed by atoms with Gasteiger partial charge in [0, 0.05) is 16.5 Å². The zero-order chi connectivity index (χ0) is 26.0. The molecule has 2 aliphatic rings. The van der Waals surface area contributed by atoms with Crippen LogP contribution < -0.4 is 4.74 Å². The molecule has 8 heteroatoms. The molecule has 0 unspecified atom stereocenters. The lowest BCUT2D eigenvalue weighted by Gasteiger charge is -2.35. The van der Waals surface area contributed by atoms with Crippen molar-refractivity contribution in [2.45, 2.75) is 70.9 Å². The van der Waals surface area contributed by atoms with E-state index in [9.17, 15) is 14.7 Å². The van der Waals surface area contributed by atoms with Crippen molar-refractivity contribution in [3.63, 3.8) is 0 Å². The number of nitrogens with zero attached hydrogens (tertiary/aromatic N) is 1. The number of rotatable bonds is 7. The summed E-state index contributed by atoms with van der Waals surface area (Å²) in [5.74, 6) is -0.968. The van der Waals surface area contributed by atoms with Crippen LogP contribution in [0.1, 0.15) is 57.2 Å². The predicted molar refractivity (Wildman–Crippen MR) is 136 cm³/mol. The summed E-state index contributed by atoms with van der Waals surface area (Å²) in [6.07, 6.45) is 1.19. The maximum atomic E-state index is 13.5. The van der Waals surface area contributed by atoms with Crippen LogP contribution in [0.15, 0.2) is 48.5 Å². The van der Waals surface area contributed by atoms with Crippen LogP contribution in [0.3, 0.4) is 0 Å². The molecule has 4 rings (SSSR count). The average molecular weight is 516 g/mol. The van der Waals surface area contributed by atoms with Crippen LogP contribution in [-0.2, 0) is 20.9 Å². The van der Waals surface area contributed by atoms with Gasteiger partial charge in [0.1, 0.15) is 17.9 Å². The predicted octanol–water partition coefficient (Wildman–Crippen LogP) is 6.10. The number of halogens is 1. The van der Waals surface area contributed by atoms with Gasteiger partial charge in [0.05, 0.1) is 25.9 Å². The van der Waals surface area contributed by atoms with E-state index in [1.165, 1.54) is 4.90 Å². The molecule has 1 aliphatic carbocycles. The van der Waals surface area contributed by atoms with Gasteiger partial charge in [-0.25, -0.2) is 9.59 Å². The second-order valence-corrected chi connectivity index (χ2v) is 11.0. The van der Waals surface area contributed by atoms with E-state index >= 15 is 0 Å². The van der Waals surface area contributed by atoms with E-state index in [-0.39, 0.29) is 12.7 Å². The molecule has 0 spiro atoms. The van der Waals surface area contributed by atoms with Crippen molar-refractivity contribution in [3.8, 4) is 5.75 Å². The molecule has 2 aromatic carbocycles. The van der Waals surface area contributed by atoms with Gasteiger partial charge in [-0.3, -0.25) is 4.90 Å². The Kier molecular flexibility index (Phi) is 7.81. The third-order valence-electron chi connectivity index (χ3n) is 7.20. The van der Waals surface area contributed by atoms with E-state index in [0.717, 1.165) is 30.4 Å². The minimum Gasteiger partial charge on any atom is -0.496 e. The SMILES string of the molecule is COc1ccc(Cl)cc1CO[C@@H]1[C@@H](C(C)(C)C)[C@H](C(=O)O)N(C(=O)OC2CCC2)[C@@H]1c1ccccc1. The maximum absolute atomic E-state index is 13.5. The number of carboxylic acid groups (broad SMARTS) is 1. The van der Waals surface area contributed by atoms with E-state index in [1.807, 2.05) is 51.1 Å². The summed E-state index contributed by atoms with van der Waals surface area (Å²) in [6, 6.07) is 13.0. The highest BCUT2D eigenvalue weighted by atomic mass is 35.5. The second kappa shape index (κ2) is 10.7. The van der Waals surface area contributed by atoms with Crippen LogP contribution in [0.2, 0.25) is 5.02 Å². The molecule has 0 radical (unpaired) electrons. The Balaban J connectivity index is 1.77. The Labute approximate surface area is 217 Å². The molecule has 0 aromatic heterocycles. The van der Waals surface area contributed by atoms with Crippen molar-refractivity contribution >= 4 is 23.7 Å². The lowest BCUT2D eigenvalue weighted by Crippen LogP contribution is -2.48. The fourth-order valence-electron chi connectivity index (χ4n) is 5.28. The van der Waals surface area contributed by atoms with Crippen molar-refractivity contribution in [1.29, 1.82) is 0 Å². The average Bonchev–Trinajstić information content (AvgIpc) is 3.16. The summed E-state index contributed by atoms with van der Waals surface area (Å²) in [5, 5.41) is 11.0. The quantitative estimate of drug-likeness (QED) is 0.480. The Bertz CT molecular complexity index is 1080. The molecular weight excluding hydrogens is 482 g/mol. The van der Waals surface area contributed by atoms with Crippen molar-refractivity contribution in [3.05, 3.63) is 64.7 Å². The lowest BCUT2D eigenvalue weighted by atomic mass is 9.73. The Morgan fingerprint density at radius 1 is 1.11 bits per heavy atom. The number of ether oxygens (including phenoxy) is 3. The molecule has 1 aliphatic heterocycles. The molecule has 194 valence electrons.